The van der Waals surface area contributed by atoms with E-state index in [0.29, 0.717) is 13.2 Å². The standard InChI is InChI=1S/C22H29N3O4/c1-27-18-13-28-10-7-16(18)23-12-15-11-14-5-6-17-19(20(14)29-15)22(25-21(26)24-17)8-3-2-4-9-22/h5-6,11,16,18,23H,2-4,7-10,12-13H2,1H3,(H2,24,25,26)/t16-,18-/m1/s1. The number of furan rings is 1. The summed E-state index contributed by atoms with van der Waals surface area (Å²) < 4.78 is 17.4. The summed E-state index contributed by atoms with van der Waals surface area (Å²) >= 11 is 0. The third-order valence-corrected chi connectivity index (χ3v) is 6.67. The van der Waals surface area contributed by atoms with E-state index in [1.165, 1.54) is 6.42 Å². The number of ether oxygens (including phenoxy) is 2. The van der Waals surface area contributed by atoms with Crippen LogP contribution in [0.15, 0.2) is 22.6 Å². The van der Waals surface area contributed by atoms with E-state index >= 15 is 0 Å². The van der Waals surface area contributed by atoms with Crippen molar-refractivity contribution in [1.82, 2.24) is 10.6 Å². The van der Waals surface area contributed by atoms with Gasteiger partial charge in [0.05, 0.1) is 30.5 Å². The van der Waals surface area contributed by atoms with E-state index in [4.69, 9.17) is 13.9 Å². The maximum atomic E-state index is 12.3. The Kier molecular flexibility index (Phi) is 4.97. The van der Waals surface area contributed by atoms with E-state index in [-0.39, 0.29) is 23.7 Å². The molecule has 29 heavy (non-hydrogen) atoms. The number of amides is 2. The Balaban J connectivity index is 1.45. The SMILES string of the molecule is CO[C@@H]1COCC[C@H]1NCc1cc2ccc3c(c2o1)C1(CCCCC1)NC(=O)N3. The van der Waals surface area contributed by atoms with Crippen LogP contribution in [-0.2, 0) is 21.6 Å². The minimum Gasteiger partial charge on any atom is -0.459 e. The Morgan fingerprint density at radius 1 is 1.28 bits per heavy atom. The third-order valence-electron chi connectivity index (χ3n) is 6.67. The first-order chi connectivity index (χ1) is 14.2. The summed E-state index contributed by atoms with van der Waals surface area (Å²) in [6, 6.07) is 6.30. The van der Waals surface area contributed by atoms with Crippen LogP contribution in [-0.4, -0.2) is 38.5 Å². The summed E-state index contributed by atoms with van der Waals surface area (Å²) in [6.07, 6.45) is 6.35. The summed E-state index contributed by atoms with van der Waals surface area (Å²) in [5.74, 6) is 0.901. The molecule has 5 rings (SSSR count). The van der Waals surface area contributed by atoms with Crippen LogP contribution in [0.4, 0.5) is 10.5 Å². The number of carbonyl (C=O) groups excluding carboxylic acids is 1. The zero-order chi connectivity index (χ0) is 19.8. The van der Waals surface area contributed by atoms with Crippen LogP contribution in [0.1, 0.15) is 49.8 Å². The van der Waals surface area contributed by atoms with Gasteiger partial charge in [0.25, 0.3) is 0 Å². The van der Waals surface area contributed by atoms with Crippen molar-refractivity contribution in [3.8, 4) is 0 Å². The summed E-state index contributed by atoms with van der Waals surface area (Å²) in [7, 11) is 1.73. The summed E-state index contributed by atoms with van der Waals surface area (Å²) in [5.41, 5.74) is 2.56. The molecule has 2 atom stereocenters. The summed E-state index contributed by atoms with van der Waals surface area (Å²) in [6.45, 7) is 2.01. The Bertz CT molecular complexity index is 903. The Morgan fingerprint density at radius 2 is 2.14 bits per heavy atom. The monoisotopic (exact) mass is 399 g/mol. The fourth-order valence-corrected chi connectivity index (χ4v) is 5.20. The molecule has 1 aromatic carbocycles. The van der Waals surface area contributed by atoms with Gasteiger partial charge in [-0.25, -0.2) is 4.79 Å². The number of rotatable bonds is 4. The highest BCUT2D eigenvalue weighted by Crippen LogP contribution is 2.46. The lowest BCUT2D eigenvalue weighted by Crippen LogP contribution is -2.52. The second-order valence-electron chi connectivity index (χ2n) is 8.47. The molecule has 2 aromatic rings. The van der Waals surface area contributed by atoms with Crippen molar-refractivity contribution in [3.63, 3.8) is 0 Å². The van der Waals surface area contributed by atoms with E-state index in [1.54, 1.807) is 7.11 Å². The molecule has 7 nitrogen and oxygen atoms in total. The quantitative estimate of drug-likeness (QED) is 0.731. The molecule has 1 aliphatic carbocycles. The number of hydrogen-bond donors (Lipinski definition) is 3. The number of urea groups is 1. The van der Waals surface area contributed by atoms with Crippen LogP contribution in [0.25, 0.3) is 11.0 Å². The van der Waals surface area contributed by atoms with E-state index in [9.17, 15) is 4.79 Å². The van der Waals surface area contributed by atoms with Crippen molar-refractivity contribution in [3.05, 3.63) is 29.5 Å². The molecule has 3 heterocycles. The van der Waals surface area contributed by atoms with Crippen molar-refractivity contribution >= 4 is 22.7 Å². The van der Waals surface area contributed by atoms with Gasteiger partial charge in [0.15, 0.2) is 0 Å². The van der Waals surface area contributed by atoms with Gasteiger partial charge < -0.3 is 29.8 Å². The highest BCUT2D eigenvalue weighted by atomic mass is 16.5. The fourth-order valence-electron chi connectivity index (χ4n) is 5.20. The van der Waals surface area contributed by atoms with Gasteiger partial charge >= 0.3 is 6.03 Å². The number of hydrogen-bond acceptors (Lipinski definition) is 5. The van der Waals surface area contributed by atoms with E-state index in [1.807, 2.05) is 12.1 Å². The van der Waals surface area contributed by atoms with Gasteiger partial charge in [-0.3, -0.25) is 0 Å². The van der Waals surface area contributed by atoms with Crippen molar-refractivity contribution < 1.29 is 18.7 Å². The molecule has 0 radical (unpaired) electrons. The molecule has 0 bridgehead atoms. The molecule has 3 N–H and O–H groups in total. The van der Waals surface area contributed by atoms with Crippen molar-refractivity contribution in [1.29, 1.82) is 0 Å². The zero-order valence-electron chi connectivity index (χ0n) is 16.9. The molecule has 2 fully saturated rings. The van der Waals surface area contributed by atoms with Crippen LogP contribution in [0.3, 0.4) is 0 Å². The number of benzene rings is 1. The normalized spacial score (nSPS) is 26.2. The van der Waals surface area contributed by atoms with Crippen molar-refractivity contribution in [2.24, 2.45) is 0 Å². The molecule has 1 aromatic heterocycles. The van der Waals surface area contributed by atoms with Crippen LogP contribution >= 0.6 is 0 Å². The first-order valence-electron chi connectivity index (χ1n) is 10.7. The Labute approximate surface area is 170 Å². The number of anilines is 1. The first kappa shape index (κ1) is 18.9. The van der Waals surface area contributed by atoms with Gasteiger partial charge in [-0.15, -0.1) is 0 Å². The van der Waals surface area contributed by atoms with E-state index in [0.717, 1.165) is 66.7 Å². The number of nitrogens with one attached hydrogen (secondary N) is 3. The maximum Gasteiger partial charge on any atom is 0.319 e. The second kappa shape index (κ2) is 7.63. The molecule has 2 aliphatic heterocycles. The topological polar surface area (TPSA) is 84.8 Å². The highest BCUT2D eigenvalue weighted by molar-refractivity contribution is 5.99. The van der Waals surface area contributed by atoms with Crippen LogP contribution in [0, 0.1) is 0 Å². The van der Waals surface area contributed by atoms with Gasteiger partial charge in [0.2, 0.25) is 0 Å². The predicted octanol–water partition coefficient (Wildman–Crippen LogP) is 3.62. The number of carbonyl (C=O) groups is 1. The molecule has 0 unspecified atom stereocenters. The van der Waals surface area contributed by atoms with Crippen molar-refractivity contribution in [2.75, 3.05) is 25.6 Å². The minimum atomic E-state index is -0.320. The van der Waals surface area contributed by atoms with Gasteiger partial charge in [-0.1, -0.05) is 19.3 Å². The van der Waals surface area contributed by atoms with Gasteiger partial charge in [0, 0.05) is 30.7 Å². The smallest absolute Gasteiger partial charge is 0.319 e. The average molecular weight is 399 g/mol. The predicted molar refractivity (Wildman–Crippen MR) is 110 cm³/mol. The molecule has 3 aliphatic rings. The van der Waals surface area contributed by atoms with Crippen LogP contribution < -0.4 is 16.0 Å². The molecule has 156 valence electrons. The fraction of sp³-hybridized carbons (Fsp3) is 0.591. The zero-order valence-corrected chi connectivity index (χ0v) is 16.9. The molecular formula is C22H29N3O4. The van der Waals surface area contributed by atoms with Crippen LogP contribution in [0.2, 0.25) is 0 Å². The molecular weight excluding hydrogens is 370 g/mol. The molecule has 1 saturated heterocycles. The van der Waals surface area contributed by atoms with Gasteiger partial charge in [-0.2, -0.15) is 0 Å². The largest absolute Gasteiger partial charge is 0.459 e. The third kappa shape index (κ3) is 3.41. The number of methoxy groups -OCH3 is 1. The Hall–Kier alpha value is -2.09. The van der Waals surface area contributed by atoms with E-state index < -0.39 is 0 Å². The lowest BCUT2D eigenvalue weighted by molar-refractivity contribution is -0.0504. The molecule has 1 saturated carbocycles. The average Bonchev–Trinajstić information content (AvgIpc) is 3.15. The minimum absolute atomic E-state index is 0.0609. The van der Waals surface area contributed by atoms with Gasteiger partial charge in [0.1, 0.15) is 11.3 Å². The van der Waals surface area contributed by atoms with Crippen molar-refractivity contribution in [2.45, 2.75) is 62.8 Å². The lowest BCUT2D eigenvalue weighted by atomic mass is 9.74. The maximum absolute atomic E-state index is 12.3. The first-order valence-corrected chi connectivity index (χ1v) is 10.7. The number of fused-ring (bicyclic) bond motifs is 4. The second-order valence-corrected chi connectivity index (χ2v) is 8.47. The summed E-state index contributed by atoms with van der Waals surface area (Å²) in [5, 5.41) is 10.9. The lowest BCUT2D eigenvalue weighted by Gasteiger charge is -2.42. The highest BCUT2D eigenvalue weighted by Gasteiger charge is 2.42. The molecule has 7 heteroatoms. The summed E-state index contributed by atoms with van der Waals surface area (Å²) in [4.78, 5) is 12.3. The van der Waals surface area contributed by atoms with Crippen LogP contribution in [0.5, 0.6) is 0 Å². The van der Waals surface area contributed by atoms with E-state index in [2.05, 4.69) is 22.0 Å². The van der Waals surface area contributed by atoms with Gasteiger partial charge in [-0.05, 0) is 37.5 Å². The molecule has 1 spiro atoms. The Morgan fingerprint density at radius 3 is 2.97 bits per heavy atom. The molecule has 2 amide bonds.